The van der Waals surface area contributed by atoms with Gasteiger partial charge in [-0.1, -0.05) is 17.7 Å². The molecule has 1 amide bonds. The van der Waals surface area contributed by atoms with E-state index in [0.717, 1.165) is 0 Å². The number of nitriles is 1. The largest absolute Gasteiger partial charge is 0.496 e. The van der Waals surface area contributed by atoms with E-state index in [9.17, 15) is 15.2 Å². The first-order chi connectivity index (χ1) is 11.9. The number of rotatable bonds is 5. The molecule has 25 heavy (non-hydrogen) atoms. The van der Waals surface area contributed by atoms with Crippen LogP contribution in [0.25, 0.3) is 11.1 Å². The number of methoxy groups -OCH3 is 1. The van der Waals surface area contributed by atoms with Gasteiger partial charge in [-0.25, -0.2) is 0 Å². The van der Waals surface area contributed by atoms with Gasteiger partial charge in [0.2, 0.25) is 0 Å². The van der Waals surface area contributed by atoms with Gasteiger partial charge in [0.1, 0.15) is 17.5 Å². The average molecular weight is 360 g/mol. The van der Waals surface area contributed by atoms with Gasteiger partial charge in [0, 0.05) is 38.0 Å². The average Bonchev–Trinajstić information content (AvgIpc) is 2.61. The predicted octanol–water partition coefficient (Wildman–Crippen LogP) is 2.52. The molecule has 0 bridgehead atoms. The van der Waals surface area contributed by atoms with Crippen molar-refractivity contribution in [1.82, 2.24) is 9.88 Å². The molecule has 1 aromatic heterocycles. The van der Waals surface area contributed by atoms with Gasteiger partial charge in [0.05, 0.1) is 17.7 Å². The number of aliphatic hydroxyl groups excluding tert-OH is 1. The first-order valence-electron chi connectivity index (χ1n) is 7.53. The number of aliphatic hydroxyl groups is 1. The van der Waals surface area contributed by atoms with E-state index in [-0.39, 0.29) is 23.1 Å². The topological polar surface area (TPSA) is 86.4 Å². The minimum Gasteiger partial charge on any atom is -0.496 e. The summed E-state index contributed by atoms with van der Waals surface area (Å²) in [5, 5.41) is 19.0. The smallest absolute Gasteiger partial charge is 0.271 e. The lowest BCUT2D eigenvalue weighted by molar-refractivity contribution is 0.0822. The highest BCUT2D eigenvalue weighted by Crippen LogP contribution is 2.40. The number of pyridine rings is 1. The fourth-order valence-electron chi connectivity index (χ4n) is 2.51. The highest BCUT2D eigenvalue weighted by molar-refractivity contribution is 6.32. The van der Waals surface area contributed by atoms with Crippen molar-refractivity contribution >= 4 is 17.5 Å². The molecule has 2 aromatic rings. The SMILES string of the molecule is COc1c(CCO)cc(Cl)c(C#N)c1-c1ccc(C(=O)N(C)C)nc1. The van der Waals surface area contributed by atoms with Crippen LogP contribution in [0.1, 0.15) is 21.6 Å². The summed E-state index contributed by atoms with van der Waals surface area (Å²) in [5.74, 6) is 0.245. The molecular weight excluding hydrogens is 342 g/mol. The van der Waals surface area contributed by atoms with E-state index in [0.29, 0.717) is 34.6 Å². The van der Waals surface area contributed by atoms with Crippen molar-refractivity contribution in [3.8, 4) is 22.9 Å². The molecule has 0 saturated heterocycles. The van der Waals surface area contributed by atoms with Crippen molar-refractivity contribution in [2.75, 3.05) is 27.8 Å². The molecule has 6 nitrogen and oxygen atoms in total. The second kappa shape index (κ2) is 7.97. The zero-order valence-corrected chi connectivity index (χ0v) is 15.0. The van der Waals surface area contributed by atoms with Gasteiger partial charge in [-0.15, -0.1) is 0 Å². The summed E-state index contributed by atoms with van der Waals surface area (Å²) >= 11 is 6.23. The molecule has 130 valence electrons. The van der Waals surface area contributed by atoms with Gasteiger partial charge < -0.3 is 14.7 Å². The van der Waals surface area contributed by atoms with Crippen LogP contribution < -0.4 is 4.74 Å². The van der Waals surface area contributed by atoms with Crippen LogP contribution >= 0.6 is 11.6 Å². The number of ether oxygens (including phenoxy) is 1. The van der Waals surface area contributed by atoms with Crippen molar-refractivity contribution in [3.63, 3.8) is 0 Å². The number of hydrogen-bond acceptors (Lipinski definition) is 5. The van der Waals surface area contributed by atoms with Crippen molar-refractivity contribution in [2.45, 2.75) is 6.42 Å². The molecule has 1 N–H and O–H groups in total. The van der Waals surface area contributed by atoms with Gasteiger partial charge in [0.25, 0.3) is 5.91 Å². The zero-order chi connectivity index (χ0) is 18.6. The molecule has 1 aromatic carbocycles. The third-order valence-electron chi connectivity index (χ3n) is 3.68. The number of halogens is 1. The van der Waals surface area contributed by atoms with E-state index in [1.54, 1.807) is 32.3 Å². The number of hydrogen-bond donors (Lipinski definition) is 1. The number of aromatic nitrogens is 1. The van der Waals surface area contributed by atoms with Crippen LogP contribution in [-0.4, -0.2) is 48.7 Å². The van der Waals surface area contributed by atoms with E-state index in [1.165, 1.54) is 18.2 Å². The normalized spacial score (nSPS) is 10.2. The predicted molar refractivity (Wildman–Crippen MR) is 94.8 cm³/mol. The summed E-state index contributed by atoms with van der Waals surface area (Å²) < 4.78 is 5.47. The number of amides is 1. The summed E-state index contributed by atoms with van der Waals surface area (Å²) in [6.45, 7) is -0.0768. The second-order valence-electron chi connectivity index (χ2n) is 5.52. The minimum atomic E-state index is -0.217. The monoisotopic (exact) mass is 359 g/mol. The Bertz CT molecular complexity index is 827. The second-order valence-corrected chi connectivity index (χ2v) is 5.93. The number of benzene rings is 1. The van der Waals surface area contributed by atoms with Crippen LogP contribution in [0.3, 0.4) is 0 Å². The lowest BCUT2D eigenvalue weighted by Crippen LogP contribution is -2.22. The minimum absolute atomic E-state index is 0.0768. The lowest BCUT2D eigenvalue weighted by Gasteiger charge is -2.16. The van der Waals surface area contributed by atoms with Gasteiger partial charge >= 0.3 is 0 Å². The third kappa shape index (κ3) is 3.73. The van der Waals surface area contributed by atoms with Gasteiger partial charge in [-0.3, -0.25) is 9.78 Å². The first-order valence-corrected chi connectivity index (χ1v) is 7.90. The summed E-state index contributed by atoms with van der Waals surface area (Å²) in [4.78, 5) is 17.6. The van der Waals surface area contributed by atoms with Crippen molar-refractivity contribution in [3.05, 3.63) is 46.2 Å². The Balaban J connectivity index is 2.65. The molecule has 1 heterocycles. The Morgan fingerprint density at radius 3 is 2.64 bits per heavy atom. The van der Waals surface area contributed by atoms with Crippen LogP contribution in [-0.2, 0) is 6.42 Å². The molecule has 0 unspecified atom stereocenters. The van der Waals surface area contributed by atoms with E-state index in [4.69, 9.17) is 16.3 Å². The van der Waals surface area contributed by atoms with Crippen LogP contribution in [0.5, 0.6) is 5.75 Å². The van der Waals surface area contributed by atoms with Crippen LogP contribution in [0.2, 0.25) is 5.02 Å². The maximum Gasteiger partial charge on any atom is 0.271 e. The number of carbonyl (C=O) groups excluding carboxylic acids is 1. The van der Waals surface area contributed by atoms with Crippen LogP contribution in [0.15, 0.2) is 24.4 Å². The van der Waals surface area contributed by atoms with Gasteiger partial charge in [0.15, 0.2) is 0 Å². The Labute approximate surface area is 151 Å². The summed E-state index contributed by atoms with van der Waals surface area (Å²) in [5.41, 5.74) is 2.35. The molecule has 0 aliphatic carbocycles. The summed E-state index contributed by atoms with van der Waals surface area (Å²) in [6, 6.07) is 6.99. The lowest BCUT2D eigenvalue weighted by atomic mass is 9.95. The highest BCUT2D eigenvalue weighted by atomic mass is 35.5. The van der Waals surface area contributed by atoms with Gasteiger partial charge in [-0.05, 0) is 24.1 Å². The summed E-state index contributed by atoms with van der Waals surface area (Å²) in [6.07, 6.45) is 1.85. The highest BCUT2D eigenvalue weighted by Gasteiger charge is 2.20. The van der Waals surface area contributed by atoms with Crippen molar-refractivity contribution in [2.24, 2.45) is 0 Å². The van der Waals surface area contributed by atoms with Crippen molar-refractivity contribution in [1.29, 1.82) is 5.26 Å². The summed E-state index contributed by atoms with van der Waals surface area (Å²) in [7, 11) is 4.78. The molecule has 0 saturated carbocycles. The van der Waals surface area contributed by atoms with E-state index in [1.807, 2.05) is 0 Å². The molecule has 0 atom stereocenters. The number of carbonyl (C=O) groups is 1. The molecule has 2 rings (SSSR count). The molecule has 0 radical (unpaired) electrons. The Kier molecular flexibility index (Phi) is 5.97. The third-order valence-corrected chi connectivity index (χ3v) is 3.98. The maximum atomic E-state index is 12.0. The Morgan fingerprint density at radius 2 is 2.16 bits per heavy atom. The maximum absolute atomic E-state index is 12.0. The molecule has 7 heteroatoms. The van der Waals surface area contributed by atoms with E-state index in [2.05, 4.69) is 11.1 Å². The molecule has 0 aliphatic heterocycles. The van der Waals surface area contributed by atoms with Crippen LogP contribution in [0, 0.1) is 11.3 Å². The Morgan fingerprint density at radius 1 is 1.44 bits per heavy atom. The zero-order valence-electron chi connectivity index (χ0n) is 14.2. The molecular formula is C18H18ClN3O3. The van der Waals surface area contributed by atoms with Crippen molar-refractivity contribution < 1.29 is 14.6 Å². The quantitative estimate of drug-likeness (QED) is 0.886. The fourth-order valence-corrected chi connectivity index (χ4v) is 2.77. The van der Waals surface area contributed by atoms with Crippen LogP contribution in [0.4, 0.5) is 0 Å². The molecule has 0 aliphatic rings. The molecule has 0 spiro atoms. The Hall–Kier alpha value is -2.62. The first kappa shape index (κ1) is 18.7. The molecule has 0 fully saturated rings. The van der Waals surface area contributed by atoms with E-state index >= 15 is 0 Å². The van der Waals surface area contributed by atoms with E-state index < -0.39 is 0 Å². The van der Waals surface area contributed by atoms with Gasteiger partial charge in [-0.2, -0.15) is 5.26 Å². The standard InChI is InChI=1S/C18H18ClN3O3/c1-22(2)18(24)15-5-4-12(10-21-15)16-13(9-20)14(19)8-11(6-7-23)17(16)25-3/h4-5,8,10,23H,6-7H2,1-3H3. The fraction of sp³-hybridized carbons (Fsp3) is 0.278. The number of nitrogens with zero attached hydrogens (tertiary/aromatic N) is 3.